The van der Waals surface area contributed by atoms with E-state index in [-0.39, 0.29) is 29.5 Å². The second kappa shape index (κ2) is 10.8. The van der Waals surface area contributed by atoms with Gasteiger partial charge in [0.25, 0.3) is 0 Å². The number of nitrogens with one attached hydrogen (secondary N) is 2. The van der Waals surface area contributed by atoms with Crippen molar-refractivity contribution in [1.82, 2.24) is 20.5 Å². The molecule has 0 aliphatic carbocycles. The first-order chi connectivity index (χ1) is 12.2. The minimum atomic E-state index is 0. The van der Waals surface area contributed by atoms with Gasteiger partial charge in [0, 0.05) is 56.4 Å². The van der Waals surface area contributed by atoms with E-state index in [2.05, 4.69) is 32.4 Å². The zero-order valence-electron chi connectivity index (χ0n) is 15.9. The molecule has 2 aliphatic heterocycles. The highest BCUT2D eigenvalue weighted by atomic mass is 127. The van der Waals surface area contributed by atoms with E-state index in [9.17, 15) is 0 Å². The van der Waals surface area contributed by atoms with Crippen LogP contribution in [0.3, 0.4) is 0 Å². The fourth-order valence-electron chi connectivity index (χ4n) is 3.82. The zero-order valence-corrected chi connectivity index (χ0v) is 19.1. The average Bonchev–Trinajstić information content (AvgIpc) is 3.31. The summed E-state index contributed by atoms with van der Waals surface area (Å²) in [6.45, 7) is 8.06. The molecule has 26 heavy (non-hydrogen) atoms. The van der Waals surface area contributed by atoms with Gasteiger partial charge in [-0.2, -0.15) is 0 Å². The van der Waals surface area contributed by atoms with Crippen LogP contribution in [0.25, 0.3) is 0 Å². The highest BCUT2D eigenvalue weighted by Crippen LogP contribution is 2.30. The smallest absolute Gasteiger partial charge is 0.191 e. The molecule has 2 fully saturated rings. The molecular formula is C18H32IN5OS. The highest BCUT2D eigenvalue weighted by Gasteiger charge is 2.39. The van der Waals surface area contributed by atoms with Gasteiger partial charge in [-0.15, -0.1) is 35.3 Å². The molecule has 0 aromatic carbocycles. The van der Waals surface area contributed by atoms with Crippen molar-refractivity contribution < 1.29 is 4.74 Å². The third kappa shape index (κ3) is 5.77. The van der Waals surface area contributed by atoms with E-state index in [1.165, 1.54) is 35.8 Å². The van der Waals surface area contributed by atoms with Gasteiger partial charge in [0.1, 0.15) is 0 Å². The number of thiazole rings is 1. The third-order valence-corrected chi connectivity index (χ3v) is 6.28. The Morgan fingerprint density at radius 2 is 2.04 bits per heavy atom. The van der Waals surface area contributed by atoms with Crippen molar-refractivity contribution in [2.45, 2.75) is 44.6 Å². The van der Waals surface area contributed by atoms with Gasteiger partial charge in [0.15, 0.2) is 5.96 Å². The van der Waals surface area contributed by atoms with E-state index in [1.807, 2.05) is 13.2 Å². The molecule has 0 bridgehead atoms. The van der Waals surface area contributed by atoms with E-state index in [0.717, 1.165) is 51.5 Å². The second-order valence-electron chi connectivity index (χ2n) is 7.00. The molecule has 148 valence electrons. The van der Waals surface area contributed by atoms with Gasteiger partial charge >= 0.3 is 0 Å². The van der Waals surface area contributed by atoms with Crippen molar-refractivity contribution in [3.8, 4) is 0 Å². The number of hydrogen-bond donors (Lipinski definition) is 2. The fourth-order valence-corrected chi connectivity index (χ4v) is 4.61. The van der Waals surface area contributed by atoms with Crippen LogP contribution >= 0.6 is 35.3 Å². The number of aliphatic imine (C=N–C) groups is 1. The Balaban J connectivity index is 0.00000243. The van der Waals surface area contributed by atoms with Crippen LogP contribution in [0.2, 0.25) is 0 Å². The van der Waals surface area contributed by atoms with Gasteiger partial charge in [-0.3, -0.25) is 9.89 Å². The molecule has 2 N–H and O–H groups in total. The number of guanidine groups is 1. The Labute approximate surface area is 178 Å². The van der Waals surface area contributed by atoms with Crippen LogP contribution in [0.1, 0.15) is 35.6 Å². The van der Waals surface area contributed by atoms with Gasteiger partial charge in [-0.25, -0.2) is 4.98 Å². The standard InChI is InChI=1S/C18H31N5OS.HI/c1-15-13-21-16(25-15)5-8-20-17(19-2)22-14-18(6-11-24-12-7-18)23-9-3-4-10-23;/h13H,3-12,14H2,1-2H3,(H2,19,20,22);1H. The maximum Gasteiger partial charge on any atom is 0.191 e. The molecule has 0 saturated carbocycles. The molecular weight excluding hydrogens is 461 g/mol. The van der Waals surface area contributed by atoms with E-state index in [1.54, 1.807) is 11.3 Å². The van der Waals surface area contributed by atoms with Gasteiger partial charge in [-0.1, -0.05) is 0 Å². The molecule has 0 unspecified atom stereocenters. The predicted octanol–water partition coefficient (Wildman–Crippen LogP) is 2.42. The number of rotatable bonds is 6. The van der Waals surface area contributed by atoms with Gasteiger partial charge in [0.2, 0.25) is 0 Å². The fraction of sp³-hybridized carbons (Fsp3) is 0.778. The van der Waals surface area contributed by atoms with Crippen LogP contribution in [-0.4, -0.2) is 67.8 Å². The lowest BCUT2D eigenvalue weighted by atomic mass is 9.88. The Kier molecular flexibility index (Phi) is 9.05. The molecule has 1 aromatic rings. The molecule has 0 radical (unpaired) electrons. The minimum Gasteiger partial charge on any atom is -0.381 e. The van der Waals surface area contributed by atoms with Crippen molar-refractivity contribution in [3.05, 3.63) is 16.1 Å². The summed E-state index contributed by atoms with van der Waals surface area (Å²) >= 11 is 1.77. The van der Waals surface area contributed by atoms with Crippen LogP contribution in [0.15, 0.2) is 11.2 Å². The molecule has 2 saturated heterocycles. The summed E-state index contributed by atoms with van der Waals surface area (Å²) in [6, 6.07) is 0. The molecule has 0 atom stereocenters. The summed E-state index contributed by atoms with van der Waals surface area (Å²) in [5, 5.41) is 8.18. The van der Waals surface area contributed by atoms with Crippen molar-refractivity contribution in [2.75, 3.05) is 46.4 Å². The molecule has 3 heterocycles. The van der Waals surface area contributed by atoms with Crippen LogP contribution < -0.4 is 10.6 Å². The van der Waals surface area contributed by atoms with Crippen molar-refractivity contribution >= 4 is 41.3 Å². The van der Waals surface area contributed by atoms with Crippen LogP contribution in [0.4, 0.5) is 0 Å². The van der Waals surface area contributed by atoms with Crippen LogP contribution in [0, 0.1) is 6.92 Å². The Bertz CT molecular complexity index is 568. The molecule has 6 nitrogen and oxygen atoms in total. The number of likely N-dealkylation sites (tertiary alicyclic amines) is 1. The molecule has 8 heteroatoms. The number of nitrogens with zero attached hydrogens (tertiary/aromatic N) is 3. The predicted molar refractivity (Wildman–Crippen MR) is 119 cm³/mol. The third-order valence-electron chi connectivity index (χ3n) is 5.31. The summed E-state index contributed by atoms with van der Waals surface area (Å²) in [4.78, 5) is 12.8. The Morgan fingerprint density at radius 3 is 2.65 bits per heavy atom. The topological polar surface area (TPSA) is 61.8 Å². The summed E-state index contributed by atoms with van der Waals surface area (Å²) in [7, 11) is 1.84. The SMILES string of the molecule is CN=C(NCCc1ncc(C)s1)NCC1(N2CCCC2)CCOCC1.I. The molecule has 3 rings (SSSR count). The first-order valence-corrected chi connectivity index (χ1v) is 10.2. The lowest BCUT2D eigenvalue weighted by Gasteiger charge is -2.45. The monoisotopic (exact) mass is 493 g/mol. The summed E-state index contributed by atoms with van der Waals surface area (Å²) in [5.41, 5.74) is 0.221. The first kappa shape index (κ1) is 21.8. The molecule has 0 amide bonds. The second-order valence-corrected chi connectivity index (χ2v) is 8.32. The molecule has 1 aromatic heterocycles. The van der Waals surface area contributed by atoms with E-state index >= 15 is 0 Å². The number of ether oxygens (including phenoxy) is 1. The van der Waals surface area contributed by atoms with E-state index in [4.69, 9.17) is 4.74 Å². The zero-order chi connectivity index (χ0) is 17.5. The first-order valence-electron chi connectivity index (χ1n) is 9.40. The highest BCUT2D eigenvalue weighted by molar-refractivity contribution is 14.0. The van der Waals surface area contributed by atoms with Crippen molar-refractivity contribution in [3.63, 3.8) is 0 Å². The quantitative estimate of drug-likeness (QED) is 0.362. The van der Waals surface area contributed by atoms with Crippen LogP contribution in [-0.2, 0) is 11.2 Å². The van der Waals surface area contributed by atoms with E-state index < -0.39 is 0 Å². The van der Waals surface area contributed by atoms with Gasteiger partial charge < -0.3 is 15.4 Å². The van der Waals surface area contributed by atoms with Gasteiger partial charge in [0.05, 0.1) is 5.01 Å². The number of hydrogen-bond acceptors (Lipinski definition) is 5. The molecule has 2 aliphatic rings. The summed E-state index contributed by atoms with van der Waals surface area (Å²) in [5.74, 6) is 0.887. The van der Waals surface area contributed by atoms with Gasteiger partial charge in [-0.05, 0) is 45.7 Å². The number of aromatic nitrogens is 1. The minimum absolute atomic E-state index is 0. The lowest BCUT2D eigenvalue weighted by Crippen LogP contribution is -2.58. The van der Waals surface area contributed by atoms with E-state index in [0.29, 0.717) is 0 Å². The lowest BCUT2D eigenvalue weighted by molar-refractivity contribution is -0.0164. The largest absolute Gasteiger partial charge is 0.381 e. The maximum atomic E-state index is 5.63. The normalized spacial score (nSPS) is 20.6. The summed E-state index contributed by atoms with van der Waals surface area (Å²) in [6.07, 6.45) is 7.73. The summed E-state index contributed by atoms with van der Waals surface area (Å²) < 4.78 is 5.63. The maximum absolute atomic E-state index is 5.63. The Hall–Kier alpha value is -0.450. The van der Waals surface area contributed by atoms with Crippen LogP contribution in [0.5, 0.6) is 0 Å². The Morgan fingerprint density at radius 1 is 1.31 bits per heavy atom. The number of halogens is 1. The average molecular weight is 493 g/mol. The molecule has 0 spiro atoms. The van der Waals surface area contributed by atoms with Crippen molar-refractivity contribution in [1.29, 1.82) is 0 Å². The number of aryl methyl sites for hydroxylation is 1. The van der Waals surface area contributed by atoms with Crippen molar-refractivity contribution in [2.24, 2.45) is 4.99 Å².